The molecular weight excluding hydrogens is 288 g/mol. The summed E-state index contributed by atoms with van der Waals surface area (Å²) < 4.78 is 26.6. The molecule has 1 aromatic carbocycles. The molecule has 1 fully saturated rings. The number of aromatic nitrogens is 1. The average Bonchev–Trinajstić information content (AvgIpc) is 2.99. The van der Waals surface area contributed by atoms with Gasteiger partial charge in [0.1, 0.15) is 10.6 Å². The molecule has 0 spiro atoms. The Morgan fingerprint density at radius 2 is 1.86 bits per heavy atom. The summed E-state index contributed by atoms with van der Waals surface area (Å²) in [5, 5.41) is 9.78. The summed E-state index contributed by atoms with van der Waals surface area (Å²) in [5.41, 5.74) is 1.10. The molecule has 3 rings (SSSR count). The van der Waals surface area contributed by atoms with E-state index in [2.05, 4.69) is 4.98 Å². The number of nitrogens with zero attached hydrogens (tertiary/aromatic N) is 2. The Bertz CT molecular complexity index is 732. The summed E-state index contributed by atoms with van der Waals surface area (Å²) >= 11 is 0. The van der Waals surface area contributed by atoms with Crippen molar-refractivity contribution in [2.75, 3.05) is 13.1 Å². The Morgan fingerprint density at radius 3 is 2.57 bits per heavy atom. The number of benzene rings is 1. The zero-order valence-corrected chi connectivity index (χ0v) is 12.2. The van der Waals surface area contributed by atoms with Crippen LogP contribution in [-0.2, 0) is 10.0 Å². The second-order valence-electron chi connectivity index (χ2n) is 5.10. The molecule has 2 heterocycles. The molecule has 5 nitrogen and oxygen atoms in total. The Labute approximate surface area is 123 Å². The van der Waals surface area contributed by atoms with Gasteiger partial charge in [-0.1, -0.05) is 12.1 Å². The van der Waals surface area contributed by atoms with Gasteiger partial charge >= 0.3 is 0 Å². The number of sulfonamides is 1. The fraction of sp³-hybridized carbons (Fsp3) is 0.267. The van der Waals surface area contributed by atoms with Gasteiger partial charge in [0.2, 0.25) is 10.0 Å². The third-order valence-electron chi connectivity index (χ3n) is 3.81. The normalized spacial score (nSPS) is 19.7. The molecule has 1 aliphatic heterocycles. The summed E-state index contributed by atoms with van der Waals surface area (Å²) in [7, 11) is -3.64. The maximum absolute atomic E-state index is 12.6. The Balaban J connectivity index is 1.85. The first-order valence-corrected chi connectivity index (χ1v) is 8.21. The molecule has 0 radical (unpaired) electrons. The minimum absolute atomic E-state index is 0.0274. The van der Waals surface area contributed by atoms with Gasteiger partial charge in [-0.05, 0) is 42.2 Å². The van der Waals surface area contributed by atoms with E-state index < -0.39 is 10.0 Å². The second-order valence-corrected chi connectivity index (χ2v) is 7.00. The number of rotatable bonds is 3. The van der Waals surface area contributed by atoms with Crippen molar-refractivity contribution < 1.29 is 13.5 Å². The van der Waals surface area contributed by atoms with Gasteiger partial charge in [0.15, 0.2) is 0 Å². The van der Waals surface area contributed by atoms with Gasteiger partial charge in [-0.2, -0.15) is 4.31 Å². The summed E-state index contributed by atoms with van der Waals surface area (Å²) in [6.07, 6.45) is 4.21. The molecular formula is C15H16N2O3S. The minimum Gasteiger partial charge on any atom is -0.507 e. The number of aromatic hydroxyl groups is 1. The Hall–Kier alpha value is -1.92. The zero-order valence-electron chi connectivity index (χ0n) is 11.4. The van der Waals surface area contributed by atoms with E-state index in [4.69, 9.17) is 0 Å². The van der Waals surface area contributed by atoms with Crippen LogP contribution in [0.1, 0.15) is 17.9 Å². The van der Waals surface area contributed by atoms with Crippen LogP contribution in [0.2, 0.25) is 0 Å². The van der Waals surface area contributed by atoms with Crippen molar-refractivity contribution in [1.29, 1.82) is 0 Å². The molecule has 1 atom stereocenters. The van der Waals surface area contributed by atoms with Crippen molar-refractivity contribution in [3.05, 3.63) is 54.4 Å². The van der Waals surface area contributed by atoms with Gasteiger partial charge in [-0.25, -0.2) is 8.42 Å². The van der Waals surface area contributed by atoms with E-state index in [0.29, 0.717) is 13.1 Å². The van der Waals surface area contributed by atoms with Gasteiger partial charge in [0.25, 0.3) is 0 Å². The fourth-order valence-electron chi connectivity index (χ4n) is 2.67. The van der Waals surface area contributed by atoms with Gasteiger partial charge in [0, 0.05) is 25.5 Å². The summed E-state index contributed by atoms with van der Waals surface area (Å²) in [4.78, 5) is 3.95. The first-order valence-electron chi connectivity index (χ1n) is 6.77. The molecule has 0 saturated carbocycles. The minimum atomic E-state index is -3.64. The van der Waals surface area contributed by atoms with E-state index in [1.807, 2.05) is 12.1 Å². The smallest absolute Gasteiger partial charge is 0.246 e. The molecule has 6 heteroatoms. The predicted molar refractivity (Wildman–Crippen MR) is 78.5 cm³/mol. The SMILES string of the molecule is O=S(=O)(c1ccccc1O)N1CCC(c2ccncc2)C1. The van der Waals surface area contributed by atoms with E-state index in [-0.39, 0.29) is 16.6 Å². The van der Waals surface area contributed by atoms with Crippen LogP contribution in [0.4, 0.5) is 0 Å². The van der Waals surface area contributed by atoms with Crippen LogP contribution in [0.15, 0.2) is 53.7 Å². The van der Waals surface area contributed by atoms with Gasteiger partial charge < -0.3 is 5.11 Å². The van der Waals surface area contributed by atoms with Crippen LogP contribution in [0.25, 0.3) is 0 Å². The van der Waals surface area contributed by atoms with Crippen LogP contribution in [-0.4, -0.2) is 35.9 Å². The standard InChI is InChI=1S/C15H16N2O3S/c18-14-3-1-2-4-15(14)21(19,20)17-10-7-13(11-17)12-5-8-16-9-6-12/h1-6,8-9,13,18H,7,10-11H2. The molecule has 0 bridgehead atoms. The van der Waals surface area contributed by atoms with E-state index in [1.54, 1.807) is 24.5 Å². The highest BCUT2D eigenvalue weighted by Crippen LogP contribution is 2.33. The van der Waals surface area contributed by atoms with E-state index in [1.165, 1.54) is 16.4 Å². The van der Waals surface area contributed by atoms with Crippen LogP contribution in [0.5, 0.6) is 5.75 Å². The Morgan fingerprint density at radius 1 is 1.14 bits per heavy atom. The molecule has 0 amide bonds. The monoisotopic (exact) mass is 304 g/mol. The van der Waals surface area contributed by atoms with Crippen molar-refractivity contribution in [1.82, 2.24) is 9.29 Å². The van der Waals surface area contributed by atoms with E-state index in [0.717, 1.165) is 12.0 Å². The first-order chi connectivity index (χ1) is 10.1. The van der Waals surface area contributed by atoms with Gasteiger partial charge in [-0.3, -0.25) is 4.98 Å². The van der Waals surface area contributed by atoms with Crippen molar-refractivity contribution >= 4 is 10.0 Å². The second kappa shape index (κ2) is 5.46. The molecule has 2 aromatic rings. The third-order valence-corrected chi connectivity index (χ3v) is 5.72. The molecule has 0 aliphatic carbocycles. The van der Waals surface area contributed by atoms with Crippen molar-refractivity contribution in [2.45, 2.75) is 17.2 Å². The summed E-state index contributed by atoms with van der Waals surface area (Å²) in [6, 6.07) is 9.89. The zero-order chi connectivity index (χ0) is 14.9. The van der Waals surface area contributed by atoms with E-state index in [9.17, 15) is 13.5 Å². The lowest BCUT2D eigenvalue weighted by atomic mass is 10.0. The first kappa shape index (κ1) is 14.0. The van der Waals surface area contributed by atoms with Crippen molar-refractivity contribution in [3.63, 3.8) is 0 Å². The highest BCUT2D eigenvalue weighted by atomic mass is 32.2. The molecule has 1 N–H and O–H groups in total. The number of phenolic OH excluding ortho intramolecular Hbond substituents is 1. The Kier molecular flexibility index (Phi) is 3.65. The molecule has 1 aliphatic rings. The third kappa shape index (κ3) is 2.64. The lowest BCUT2D eigenvalue weighted by molar-refractivity contribution is 0.442. The molecule has 21 heavy (non-hydrogen) atoms. The van der Waals surface area contributed by atoms with Gasteiger partial charge in [-0.15, -0.1) is 0 Å². The molecule has 110 valence electrons. The lowest BCUT2D eigenvalue weighted by Crippen LogP contribution is -2.28. The topological polar surface area (TPSA) is 70.5 Å². The number of pyridine rings is 1. The number of hydrogen-bond donors (Lipinski definition) is 1. The molecule has 1 unspecified atom stereocenters. The average molecular weight is 304 g/mol. The molecule has 1 aromatic heterocycles. The summed E-state index contributed by atoms with van der Waals surface area (Å²) in [6.45, 7) is 0.893. The largest absolute Gasteiger partial charge is 0.507 e. The fourth-order valence-corrected chi connectivity index (χ4v) is 4.25. The highest BCUT2D eigenvalue weighted by Gasteiger charge is 2.34. The lowest BCUT2D eigenvalue weighted by Gasteiger charge is -2.17. The highest BCUT2D eigenvalue weighted by molar-refractivity contribution is 7.89. The van der Waals surface area contributed by atoms with Crippen LogP contribution >= 0.6 is 0 Å². The molecule has 1 saturated heterocycles. The maximum atomic E-state index is 12.6. The van der Waals surface area contributed by atoms with Crippen LogP contribution in [0, 0.1) is 0 Å². The number of hydrogen-bond acceptors (Lipinski definition) is 4. The van der Waals surface area contributed by atoms with Crippen molar-refractivity contribution in [2.24, 2.45) is 0 Å². The van der Waals surface area contributed by atoms with Crippen LogP contribution < -0.4 is 0 Å². The van der Waals surface area contributed by atoms with E-state index >= 15 is 0 Å². The van der Waals surface area contributed by atoms with Crippen LogP contribution in [0.3, 0.4) is 0 Å². The van der Waals surface area contributed by atoms with Crippen molar-refractivity contribution in [3.8, 4) is 5.75 Å². The number of para-hydroxylation sites is 1. The predicted octanol–water partition coefficient (Wildman–Crippen LogP) is 1.97. The number of phenols is 1. The quantitative estimate of drug-likeness (QED) is 0.941. The maximum Gasteiger partial charge on any atom is 0.246 e. The van der Waals surface area contributed by atoms with Gasteiger partial charge in [0.05, 0.1) is 0 Å². The summed E-state index contributed by atoms with van der Waals surface area (Å²) in [5.74, 6) is -0.0292.